The minimum Gasteiger partial charge on any atom is -0.377 e. The molecule has 1 heterocycles. The van der Waals surface area contributed by atoms with Crippen LogP contribution in [-0.4, -0.2) is 17.8 Å². The standard InChI is InChI=1S/C20H21N3OS/c1-2-11-24-14-17-8-6-7-16(12-17)13-21-23-20-22-19(15-25-20)18-9-4-3-5-10-18/h3-10,12-13,15H,2,11,14H2,1H3,(H,22,23). The molecule has 0 saturated heterocycles. The molecule has 0 unspecified atom stereocenters. The van der Waals surface area contributed by atoms with Gasteiger partial charge in [-0.2, -0.15) is 5.10 Å². The van der Waals surface area contributed by atoms with Crippen molar-refractivity contribution in [2.24, 2.45) is 5.10 Å². The monoisotopic (exact) mass is 351 g/mol. The highest BCUT2D eigenvalue weighted by Gasteiger charge is 2.02. The number of hydrogen-bond donors (Lipinski definition) is 1. The summed E-state index contributed by atoms with van der Waals surface area (Å²) < 4.78 is 5.57. The molecule has 0 aliphatic heterocycles. The summed E-state index contributed by atoms with van der Waals surface area (Å²) in [4.78, 5) is 4.55. The van der Waals surface area contributed by atoms with Crippen molar-refractivity contribution in [2.75, 3.05) is 12.0 Å². The molecule has 3 aromatic rings. The molecule has 0 fully saturated rings. The Morgan fingerprint density at radius 1 is 1.16 bits per heavy atom. The van der Waals surface area contributed by atoms with Crippen LogP contribution in [-0.2, 0) is 11.3 Å². The molecular weight excluding hydrogens is 330 g/mol. The third-order valence-electron chi connectivity index (χ3n) is 3.52. The van der Waals surface area contributed by atoms with Gasteiger partial charge in [-0.3, -0.25) is 5.43 Å². The van der Waals surface area contributed by atoms with Gasteiger partial charge in [-0.15, -0.1) is 11.3 Å². The Balaban J connectivity index is 1.58. The number of nitrogens with zero attached hydrogens (tertiary/aromatic N) is 2. The van der Waals surface area contributed by atoms with Crippen LogP contribution in [0.25, 0.3) is 11.3 Å². The largest absolute Gasteiger partial charge is 0.377 e. The van der Waals surface area contributed by atoms with E-state index in [2.05, 4.69) is 34.6 Å². The molecule has 0 atom stereocenters. The van der Waals surface area contributed by atoms with Gasteiger partial charge >= 0.3 is 0 Å². The molecule has 0 radical (unpaired) electrons. The average Bonchev–Trinajstić information content (AvgIpc) is 3.12. The molecule has 2 aromatic carbocycles. The number of aromatic nitrogens is 1. The van der Waals surface area contributed by atoms with E-state index in [-0.39, 0.29) is 0 Å². The van der Waals surface area contributed by atoms with Crippen molar-refractivity contribution in [3.63, 3.8) is 0 Å². The van der Waals surface area contributed by atoms with Crippen LogP contribution in [0.5, 0.6) is 0 Å². The van der Waals surface area contributed by atoms with Gasteiger partial charge < -0.3 is 4.74 Å². The van der Waals surface area contributed by atoms with E-state index in [0.717, 1.165) is 40.5 Å². The topological polar surface area (TPSA) is 46.5 Å². The van der Waals surface area contributed by atoms with Gasteiger partial charge in [-0.1, -0.05) is 55.5 Å². The number of anilines is 1. The van der Waals surface area contributed by atoms with E-state index in [1.807, 2.05) is 47.8 Å². The number of rotatable bonds is 8. The lowest BCUT2D eigenvalue weighted by atomic mass is 10.1. The van der Waals surface area contributed by atoms with E-state index < -0.39 is 0 Å². The summed E-state index contributed by atoms with van der Waals surface area (Å²) in [6.07, 6.45) is 2.83. The van der Waals surface area contributed by atoms with Gasteiger partial charge in [0.05, 0.1) is 18.5 Å². The van der Waals surface area contributed by atoms with Crippen molar-refractivity contribution in [3.05, 3.63) is 71.1 Å². The van der Waals surface area contributed by atoms with Crippen molar-refractivity contribution < 1.29 is 4.74 Å². The first-order valence-electron chi connectivity index (χ1n) is 8.32. The highest BCUT2D eigenvalue weighted by Crippen LogP contribution is 2.24. The van der Waals surface area contributed by atoms with Crippen molar-refractivity contribution in [3.8, 4) is 11.3 Å². The molecule has 4 nitrogen and oxygen atoms in total. The summed E-state index contributed by atoms with van der Waals surface area (Å²) in [5, 5.41) is 7.09. The molecule has 0 aliphatic carbocycles. The van der Waals surface area contributed by atoms with Gasteiger partial charge in [0.1, 0.15) is 0 Å². The lowest BCUT2D eigenvalue weighted by Gasteiger charge is -2.03. The molecule has 0 saturated carbocycles. The van der Waals surface area contributed by atoms with Crippen LogP contribution in [0.3, 0.4) is 0 Å². The van der Waals surface area contributed by atoms with E-state index in [1.54, 1.807) is 17.6 Å². The van der Waals surface area contributed by atoms with Gasteiger partial charge in [0.25, 0.3) is 0 Å². The SMILES string of the molecule is CCCOCc1cccc(C=NNc2nc(-c3ccccc3)cs2)c1. The summed E-state index contributed by atoms with van der Waals surface area (Å²) in [5.74, 6) is 0. The molecule has 128 valence electrons. The van der Waals surface area contributed by atoms with Crippen molar-refractivity contribution >= 4 is 22.7 Å². The fourth-order valence-corrected chi connectivity index (χ4v) is 2.99. The predicted octanol–water partition coefficient (Wildman–Crippen LogP) is 5.18. The highest BCUT2D eigenvalue weighted by atomic mass is 32.1. The van der Waals surface area contributed by atoms with Crippen LogP contribution in [0.15, 0.2) is 65.1 Å². The van der Waals surface area contributed by atoms with Gasteiger partial charge in [0.15, 0.2) is 0 Å². The van der Waals surface area contributed by atoms with Crippen molar-refractivity contribution in [2.45, 2.75) is 20.0 Å². The van der Waals surface area contributed by atoms with E-state index >= 15 is 0 Å². The highest BCUT2D eigenvalue weighted by molar-refractivity contribution is 7.14. The van der Waals surface area contributed by atoms with Crippen LogP contribution < -0.4 is 5.43 Å². The molecule has 0 bridgehead atoms. The minimum absolute atomic E-state index is 0.635. The first-order valence-corrected chi connectivity index (χ1v) is 9.20. The summed E-state index contributed by atoms with van der Waals surface area (Å²) in [6.45, 7) is 3.53. The van der Waals surface area contributed by atoms with Crippen molar-refractivity contribution in [1.82, 2.24) is 4.98 Å². The van der Waals surface area contributed by atoms with Crippen LogP contribution in [0.1, 0.15) is 24.5 Å². The molecule has 25 heavy (non-hydrogen) atoms. The molecule has 0 aliphatic rings. The van der Waals surface area contributed by atoms with Crippen LogP contribution in [0, 0.1) is 0 Å². The second-order valence-electron chi connectivity index (χ2n) is 5.57. The maximum Gasteiger partial charge on any atom is 0.203 e. The number of nitrogens with one attached hydrogen (secondary N) is 1. The molecule has 1 aromatic heterocycles. The zero-order valence-electron chi connectivity index (χ0n) is 14.2. The first kappa shape index (κ1) is 17.3. The fourth-order valence-electron chi connectivity index (χ4n) is 2.33. The van der Waals surface area contributed by atoms with Crippen LogP contribution in [0.4, 0.5) is 5.13 Å². The summed E-state index contributed by atoms with van der Waals surface area (Å²) in [6, 6.07) is 18.3. The third-order valence-corrected chi connectivity index (χ3v) is 4.26. The van der Waals surface area contributed by atoms with E-state index in [4.69, 9.17) is 4.74 Å². The lowest BCUT2D eigenvalue weighted by molar-refractivity contribution is 0.121. The van der Waals surface area contributed by atoms with Crippen LogP contribution in [0.2, 0.25) is 0 Å². The second-order valence-corrected chi connectivity index (χ2v) is 6.43. The summed E-state index contributed by atoms with van der Waals surface area (Å²) >= 11 is 1.54. The van der Waals surface area contributed by atoms with Gasteiger partial charge in [0, 0.05) is 17.6 Å². The van der Waals surface area contributed by atoms with E-state index in [9.17, 15) is 0 Å². The minimum atomic E-state index is 0.635. The number of thiazole rings is 1. The quantitative estimate of drug-likeness (QED) is 0.345. The Morgan fingerprint density at radius 2 is 2.04 bits per heavy atom. The van der Waals surface area contributed by atoms with E-state index in [0.29, 0.717) is 6.61 Å². The number of hydrogen-bond acceptors (Lipinski definition) is 5. The van der Waals surface area contributed by atoms with Gasteiger partial charge in [-0.05, 0) is 23.6 Å². The fraction of sp³-hybridized carbons (Fsp3) is 0.200. The molecule has 1 N–H and O–H groups in total. The summed E-state index contributed by atoms with van der Waals surface area (Å²) in [5.41, 5.74) is 7.25. The Hall–Kier alpha value is -2.50. The second kappa shape index (κ2) is 9.11. The number of ether oxygens (including phenoxy) is 1. The molecule has 3 rings (SSSR count). The maximum absolute atomic E-state index is 5.57. The Kier molecular flexibility index (Phi) is 6.31. The predicted molar refractivity (Wildman–Crippen MR) is 105 cm³/mol. The molecule has 0 amide bonds. The van der Waals surface area contributed by atoms with E-state index in [1.165, 1.54) is 0 Å². The van der Waals surface area contributed by atoms with Gasteiger partial charge in [0.2, 0.25) is 5.13 Å². The van der Waals surface area contributed by atoms with Crippen molar-refractivity contribution in [1.29, 1.82) is 0 Å². The first-order chi connectivity index (χ1) is 12.3. The Bertz CT molecular complexity index is 815. The smallest absolute Gasteiger partial charge is 0.203 e. The zero-order chi connectivity index (χ0) is 17.3. The average molecular weight is 351 g/mol. The lowest BCUT2D eigenvalue weighted by Crippen LogP contribution is -1.95. The Labute approximate surface area is 152 Å². The Morgan fingerprint density at radius 3 is 2.88 bits per heavy atom. The molecule has 0 spiro atoms. The normalized spacial score (nSPS) is 11.1. The number of benzene rings is 2. The van der Waals surface area contributed by atoms with Gasteiger partial charge in [-0.25, -0.2) is 4.98 Å². The molecule has 5 heteroatoms. The van der Waals surface area contributed by atoms with Crippen LogP contribution >= 0.6 is 11.3 Å². The summed E-state index contributed by atoms with van der Waals surface area (Å²) in [7, 11) is 0. The zero-order valence-corrected chi connectivity index (χ0v) is 15.0. The number of hydrazone groups is 1. The molecular formula is C20H21N3OS. The maximum atomic E-state index is 5.57. The third kappa shape index (κ3) is 5.24.